The van der Waals surface area contributed by atoms with Gasteiger partial charge in [-0.2, -0.15) is 0 Å². The molecule has 0 aromatic heterocycles. The van der Waals surface area contributed by atoms with Crippen molar-refractivity contribution in [3.05, 3.63) is 0 Å². The predicted molar refractivity (Wildman–Crippen MR) is 54.2 cm³/mol. The predicted octanol–water partition coefficient (Wildman–Crippen LogP) is 2.73. The average molecular weight is 173 g/mol. The van der Waals surface area contributed by atoms with Crippen molar-refractivity contribution in [3.8, 4) is 0 Å². The molecule has 1 unspecified atom stereocenters. The van der Waals surface area contributed by atoms with Crippen LogP contribution < -0.4 is 5.32 Å². The summed E-state index contributed by atoms with van der Waals surface area (Å²) >= 11 is 0. The molecule has 0 saturated heterocycles. The molecule has 0 bridgehead atoms. The fraction of sp³-hybridized carbons (Fsp3) is 0.900. The van der Waals surface area contributed by atoms with Crippen molar-refractivity contribution in [1.82, 2.24) is 5.32 Å². The topological polar surface area (TPSA) is 29.1 Å². The summed E-state index contributed by atoms with van der Waals surface area (Å²) in [6.07, 6.45) is 3.96. The summed E-state index contributed by atoms with van der Waals surface area (Å²) in [7, 11) is 0. The Balaban J connectivity index is 0. The molecule has 12 heavy (non-hydrogen) atoms. The van der Waals surface area contributed by atoms with Crippen LogP contribution >= 0.6 is 0 Å². The molecule has 0 rings (SSSR count). The summed E-state index contributed by atoms with van der Waals surface area (Å²) < 4.78 is 0. The Morgan fingerprint density at radius 1 is 1.33 bits per heavy atom. The zero-order valence-corrected chi connectivity index (χ0v) is 9.11. The maximum atomic E-state index is 10.1. The van der Waals surface area contributed by atoms with Gasteiger partial charge in [0.25, 0.3) is 0 Å². The molecule has 0 aliphatic carbocycles. The largest absolute Gasteiger partial charge is 0.354 e. The van der Waals surface area contributed by atoms with Crippen molar-refractivity contribution < 1.29 is 4.79 Å². The van der Waals surface area contributed by atoms with Gasteiger partial charge >= 0.3 is 0 Å². The maximum Gasteiger partial charge on any atom is 0.207 e. The van der Waals surface area contributed by atoms with Gasteiger partial charge in [-0.3, -0.25) is 4.79 Å². The first-order chi connectivity index (χ1) is 5.68. The van der Waals surface area contributed by atoms with Gasteiger partial charge in [0.2, 0.25) is 6.41 Å². The summed E-state index contributed by atoms with van der Waals surface area (Å²) in [5.74, 6) is 0. The lowest BCUT2D eigenvalue weighted by atomic mass is 9.93. The standard InChI is InChI=1S/C8H17NO.C2H6/c1-4-6-8(3,5-2)9-7-10;1-2/h7H,4-6H2,1-3H3,(H,9,10);1-2H3. The zero-order valence-electron chi connectivity index (χ0n) is 9.11. The van der Waals surface area contributed by atoms with Gasteiger partial charge in [-0.1, -0.05) is 34.1 Å². The minimum Gasteiger partial charge on any atom is -0.354 e. The molecule has 2 heteroatoms. The second-order valence-corrected chi connectivity index (χ2v) is 2.93. The minimum atomic E-state index is 0.0243. The van der Waals surface area contributed by atoms with Crippen LogP contribution in [-0.4, -0.2) is 11.9 Å². The van der Waals surface area contributed by atoms with Crippen LogP contribution in [-0.2, 0) is 4.79 Å². The van der Waals surface area contributed by atoms with E-state index in [1.807, 2.05) is 13.8 Å². The highest BCUT2D eigenvalue weighted by molar-refractivity contribution is 5.47. The zero-order chi connectivity index (χ0) is 10.0. The highest BCUT2D eigenvalue weighted by Crippen LogP contribution is 2.14. The lowest BCUT2D eigenvalue weighted by Crippen LogP contribution is -2.40. The number of hydrogen-bond acceptors (Lipinski definition) is 1. The summed E-state index contributed by atoms with van der Waals surface area (Å²) in [6.45, 7) is 10.3. The van der Waals surface area contributed by atoms with Gasteiger partial charge < -0.3 is 5.32 Å². The van der Waals surface area contributed by atoms with Crippen LogP contribution in [0.4, 0.5) is 0 Å². The molecule has 0 radical (unpaired) electrons. The molecule has 0 fully saturated rings. The van der Waals surface area contributed by atoms with Gasteiger partial charge in [-0.25, -0.2) is 0 Å². The highest BCUT2D eigenvalue weighted by atomic mass is 16.1. The molecule has 0 aromatic rings. The summed E-state index contributed by atoms with van der Waals surface area (Å²) in [5, 5.41) is 2.83. The van der Waals surface area contributed by atoms with Gasteiger partial charge in [0.05, 0.1) is 0 Å². The molecule has 1 atom stereocenters. The molecular formula is C10H23NO. The fourth-order valence-electron chi connectivity index (χ4n) is 1.05. The van der Waals surface area contributed by atoms with E-state index in [0.717, 1.165) is 25.7 Å². The SMILES string of the molecule is CC.CCCC(C)(CC)NC=O. The van der Waals surface area contributed by atoms with E-state index in [1.54, 1.807) is 0 Å². The molecule has 2 nitrogen and oxygen atoms in total. The van der Waals surface area contributed by atoms with E-state index < -0.39 is 0 Å². The monoisotopic (exact) mass is 173 g/mol. The van der Waals surface area contributed by atoms with Gasteiger partial charge in [0, 0.05) is 5.54 Å². The van der Waals surface area contributed by atoms with Crippen molar-refractivity contribution >= 4 is 6.41 Å². The number of nitrogens with one attached hydrogen (secondary N) is 1. The van der Waals surface area contributed by atoms with E-state index in [0.29, 0.717) is 0 Å². The van der Waals surface area contributed by atoms with Crippen molar-refractivity contribution in [2.75, 3.05) is 0 Å². The Bertz CT molecular complexity index is 104. The molecular weight excluding hydrogens is 150 g/mol. The molecule has 74 valence electrons. The molecule has 0 heterocycles. The van der Waals surface area contributed by atoms with Crippen molar-refractivity contribution in [3.63, 3.8) is 0 Å². The summed E-state index contributed by atoms with van der Waals surface area (Å²) in [5.41, 5.74) is 0.0243. The summed E-state index contributed by atoms with van der Waals surface area (Å²) in [4.78, 5) is 10.1. The molecule has 1 amide bonds. The Morgan fingerprint density at radius 2 is 1.83 bits per heavy atom. The molecule has 0 aromatic carbocycles. The van der Waals surface area contributed by atoms with E-state index >= 15 is 0 Å². The normalized spacial score (nSPS) is 13.8. The van der Waals surface area contributed by atoms with Crippen molar-refractivity contribution in [2.24, 2.45) is 0 Å². The maximum absolute atomic E-state index is 10.1. The summed E-state index contributed by atoms with van der Waals surface area (Å²) in [6, 6.07) is 0. The second-order valence-electron chi connectivity index (χ2n) is 2.93. The number of carbonyl (C=O) groups is 1. The second kappa shape index (κ2) is 8.57. The van der Waals surface area contributed by atoms with Crippen LogP contribution in [0.3, 0.4) is 0 Å². The quantitative estimate of drug-likeness (QED) is 0.636. The number of carbonyl (C=O) groups excluding carboxylic acids is 1. The lowest BCUT2D eigenvalue weighted by Gasteiger charge is -2.26. The van der Waals surface area contributed by atoms with E-state index in [4.69, 9.17) is 0 Å². The van der Waals surface area contributed by atoms with E-state index in [-0.39, 0.29) is 5.54 Å². The van der Waals surface area contributed by atoms with Crippen LogP contribution in [0.2, 0.25) is 0 Å². The first kappa shape index (κ1) is 14.0. The van der Waals surface area contributed by atoms with E-state index in [9.17, 15) is 4.79 Å². The fourth-order valence-corrected chi connectivity index (χ4v) is 1.05. The van der Waals surface area contributed by atoms with Crippen LogP contribution in [0.5, 0.6) is 0 Å². The third-order valence-corrected chi connectivity index (χ3v) is 1.99. The average Bonchev–Trinajstić information content (AvgIpc) is 2.09. The van der Waals surface area contributed by atoms with Crippen LogP contribution in [0.15, 0.2) is 0 Å². The third kappa shape index (κ3) is 6.20. The van der Waals surface area contributed by atoms with Crippen molar-refractivity contribution in [2.45, 2.75) is 59.4 Å². The molecule has 0 spiro atoms. The minimum absolute atomic E-state index is 0.0243. The van der Waals surface area contributed by atoms with Crippen LogP contribution in [0.1, 0.15) is 53.9 Å². The smallest absolute Gasteiger partial charge is 0.207 e. The molecule has 0 aliphatic heterocycles. The Morgan fingerprint density at radius 3 is 2.08 bits per heavy atom. The van der Waals surface area contributed by atoms with Crippen LogP contribution in [0, 0.1) is 0 Å². The Hall–Kier alpha value is -0.530. The lowest BCUT2D eigenvalue weighted by molar-refractivity contribution is -0.111. The first-order valence-corrected chi connectivity index (χ1v) is 4.90. The van der Waals surface area contributed by atoms with Crippen LogP contribution in [0.25, 0.3) is 0 Å². The number of hydrogen-bond donors (Lipinski definition) is 1. The van der Waals surface area contributed by atoms with Gasteiger partial charge in [0.15, 0.2) is 0 Å². The van der Waals surface area contributed by atoms with E-state index in [1.165, 1.54) is 0 Å². The number of amides is 1. The van der Waals surface area contributed by atoms with Crippen molar-refractivity contribution in [1.29, 1.82) is 0 Å². The third-order valence-electron chi connectivity index (χ3n) is 1.99. The molecule has 0 aliphatic rings. The molecule has 1 N–H and O–H groups in total. The van der Waals surface area contributed by atoms with Gasteiger partial charge in [-0.15, -0.1) is 0 Å². The first-order valence-electron chi connectivity index (χ1n) is 4.90. The highest BCUT2D eigenvalue weighted by Gasteiger charge is 2.18. The Labute approximate surface area is 76.7 Å². The number of rotatable bonds is 5. The van der Waals surface area contributed by atoms with Gasteiger partial charge in [-0.05, 0) is 19.8 Å². The Kier molecular flexibility index (Phi) is 10.0. The molecule has 0 saturated carbocycles. The van der Waals surface area contributed by atoms with Gasteiger partial charge in [0.1, 0.15) is 0 Å². The van der Waals surface area contributed by atoms with E-state index in [2.05, 4.69) is 26.1 Å².